The number of hydrogen-bond donors (Lipinski definition) is 1. The minimum atomic E-state index is -4.37. The largest absolute Gasteiger partial charge is 0.491 e. The quantitative estimate of drug-likeness (QED) is 0.884. The zero-order chi connectivity index (χ0) is 13.1. The van der Waals surface area contributed by atoms with Gasteiger partial charge in [0.15, 0.2) is 0 Å². The summed E-state index contributed by atoms with van der Waals surface area (Å²) in [5.74, 6) is 0.572. The maximum absolute atomic E-state index is 12.1. The Hall–Kier alpha value is -1.23. The minimum absolute atomic E-state index is 0.000878. The lowest BCUT2D eigenvalue weighted by atomic mass is 10.1. The molecule has 5 heteroatoms. The van der Waals surface area contributed by atoms with Crippen LogP contribution >= 0.6 is 0 Å². The van der Waals surface area contributed by atoms with Crippen LogP contribution in [0.5, 0.6) is 5.75 Å². The number of aliphatic hydroxyl groups is 1. The molecule has 1 aromatic rings. The van der Waals surface area contributed by atoms with E-state index in [1.54, 1.807) is 12.1 Å². The Balaban J connectivity index is 2.67. The van der Waals surface area contributed by atoms with Gasteiger partial charge in [-0.3, -0.25) is 0 Å². The Kier molecular flexibility index (Phi) is 4.40. The molecule has 1 rings (SSSR count). The van der Waals surface area contributed by atoms with E-state index in [-0.39, 0.29) is 11.7 Å². The summed E-state index contributed by atoms with van der Waals surface area (Å²) in [5.41, 5.74) is 0.235. The number of aliphatic hydroxyl groups excluding tert-OH is 1. The number of rotatable bonds is 4. The minimum Gasteiger partial charge on any atom is -0.491 e. The van der Waals surface area contributed by atoms with Gasteiger partial charge >= 0.3 is 6.18 Å². The van der Waals surface area contributed by atoms with Gasteiger partial charge in [0.25, 0.3) is 0 Å². The predicted octanol–water partition coefficient (Wildman–Crippen LogP) is 3.46. The second-order valence-corrected chi connectivity index (χ2v) is 4.07. The van der Waals surface area contributed by atoms with Gasteiger partial charge in [0.05, 0.1) is 18.6 Å². The smallest absolute Gasteiger partial charge is 0.391 e. The lowest BCUT2D eigenvalue weighted by molar-refractivity contribution is -0.154. The SMILES string of the molecule is CC(C)Oc1ccc(C(O)CC(F)(F)F)cc1. The molecular weight excluding hydrogens is 233 g/mol. The molecule has 0 radical (unpaired) electrons. The zero-order valence-corrected chi connectivity index (χ0v) is 9.66. The van der Waals surface area contributed by atoms with Crippen molar-refractivity contribution in [2.24, 2.45) is 0 Å². The molecule has 0 aliphatic heterocycles. The van der Waals surface area contributed by atoms with E-state index in [0.29, 0.717) is 5.75 Å². The van der Waals surface area contributed by atoms with Crippen LogP contribution in [-0.2, 0) is 0 Å². The Bertz CT molecular complexity index is 344. The molecule has 0 aliphatic rings. The molecule has 1 atom stereocenters. The Morgan fingerprint density at radius 3 is 2.12 bits per heavy atom. The maximum Gasteiger partial charge on any atom is 0.391 e. The molecule has 0 saturated heterocycles. The summed E-state index contributed by atoms with van der Waals surface area (Å²) < 4.78 is 41.5. The second-order valence-electron chi connectivity index (χ2n) is 4.07. The van der Waals surface area contributed by atoms with Gasteiger partial charge < -0.3 is 9.84 Å². The molecule has 17 heavy (non-hydrogen) atoms. The lowest BCUT2D eigenvalue weighted by Gasteiger charge is -2.14. The normalized spacial score (nSPS) is 13.8. The first-order chi connectivity index (χ1) is 7.78. The summed E-state index contributed by atoms with van der Waals surface area (Å²) in [6.45, 7) is 3.71. The Labute approximate surface area is 98.0 Å². The van der Waals surface area contributed by atoms with Crippen LogP contribution in [0.4, 0.5) is 13.2 Å². The van der Waals surface area contributed by atoms with Crippen molar-refractivity contribution >= 4 is 0 Å². The summed E-state index contributed by atoms with van der Waals surface area (Å²) in [6, 6.07) is 5.98. The first-order valence-corrected chi connectivity index (χ1v) is 5.29. The molecule has 0 bridgehead atoms. The third-order valence-corrected chi connectivity index (χ3v) is 2.06. The van der Waals surface area contributed by atoms with E-state index in [1.165, 1.54) is 12.1 Å². The van der Waals surface area contributed by atoms with Crippen LogP contribution in [0.1, 0.15) is 31.9 Å². The van der Waals surface area contributed by atoms with Gasteiger partial charge in [-0.25, -0.2) is 0 Å². The second kappa shape index (κ2) is 5.40. The Morgan fingerprint density at radius 2 is 1.71 bits per heavy atom. The molecule has 0 fully saturated rings. The van der Waals surface area contributed by atoms with Gasteiger partial charge in [-0.2, -0.15) is 13.2 Å². The van der Waals surface area contributed by atoms with E-state index in [4.69, 9.17) is 4.74 Å². The summed E-state index contributed by atoms with van der Waals surface area (Å²) in [6.07, 6.45) is -7.13. The van der Waals surface area contributed by atoms with Crippen molar-refractivity contribution in [3.63, 3.8) is 0 Å². The molecule has 0 aromatic heterocycles. The van der Waals surface area contributed by atoms with Crippen LogP contribution < -0.4 is 4.74 Å². The first kappa shape index (κ1) is 13.8. The van der Waals surface area contributed by atoms with Crippen LogP contribution in [0, 0.1) is 0 Å². The van der Waals surface area contributed by atoms with Crippen molar-refractivity contribution in [2.75, 3.05) is 0 Å². The predicted molar refractivity (Wildman–Crippen MR) is 57.8 cm³/mol. The standard InChI is InChI=1S/C12H15F3O2/c1-8(2)17-10-5-3-9(4-6-10)11(16)7-12(13,14)15/h3-6,8,11,16H,7H2,1-2H3. The number of halogens is 3. The molecule has 0 aliphatic carbocycles. The van der Waals surface area contributed by atoms with Crippen LogP contribution in [-0.4, -0.2) is 17.4 Å². The average Bonchev–Trinajstić information content (AvgIpc) is 2.15. The highest BCUT2D eigenvalue weighted by molar-refractivity contribution is 5.28. The molecule has 1 unspecified atom stereocenters. The van der Waals surface area contributed by atoms with E-state index >= 15 is 0 Å². The van der Waals surface area contributed by atoms with Gasteiger partial charge in [0.1, 0.15) is 5.75 Å². The van der Waals surface area contributed by atoms with Gasteiger partial charge in [-0.15, -0.1) is 0 Å². The molecule has 1 aromatic carbocycles. The highest BCUT2D eigenvalue weighted by Gasteiger charge is 2.31. The van der Waals surface area contributed by atoms with Crippen molar-refractivity contribution in [3.05, 3.63) is 29.8 Å². The topological polar surface area (TPSA) is 29.5 Å². The van der Waals surface area contributed by atoms with Gasteiger partial charge in [0, 0.05) is 0 Å². The zero-order valence-electron chi connectivity index (χ0n) is 9.66. The van der Waals surface area contributed by atoms with E-state index in [9.17, 15) is 18.3 Å². The summed E-state index contributed by atoms with van der Waals surface area (Å²) >= 11 is 0. The fraction of sp³-hybridized carbons (Fsp3) is 0.500. The number of benzene rings is 1. The van der Waals surface area contributed by atoms with Crippen LogP contribution in [0.25, 0.3) is 0 Å². The summed E-state index contributed by atoms with van der Waals surface area (Å²) in [4.78, 5) is 0. The van der Waals surface area contributed by atoms with E-state index in [0.717, 1.165) is 0 Å². The molecule has 0 spiro atoms. The lowest BCUT2D eigenvalue weighted by Crippen LogP contribution is -2.13. The summed E-state index contributed by atoms with van der Waals surface area (Å²) in [5, 5.41) is 9.37. The molecule has 2 nitrogen and oxygen atoms in total. The Morgan fingerprint density at radius 1 is 1.18 bits per heavy atom. The van der Waals surface area contributed by atoms with Crippen LogP contribution in [0.3, 0.4) is 0 Å². The van der Waals surface area contributed by atoms with Crippen molar-refractivity contribution in [3.8, 4) is 5.75 Å². The molecule has 0 amide bonds. The van der Waals surface area contributed by atoms with Gasteiger partial charge in [0.2, 0.25) is 0 Å². The molecular formula is C12H15F3O2. The number of ether oxygens (including phenoxy) is 1. The fourth-order valence-corrected chi connectivity index (χ4v) is 1.38. The van der Waals surface area contributed by atoms with E-state index in [2.05, 4.69) is 0 Å². The third-order valence-electron chi connectivity index (χ3n) is 2.06. The molecule has 0 saturated carbocycles. The van der Waals surface area contributed by atoms with E-state index < -0.39 is 18.7 Å². The van der Waals surface area contributed by atoms with Crippen molar-refractivity contribution in [1.82, 2.24) is 0 Å². The molecule has 1 N–H and O–H groups in total. The number of hydrogen-bond acceptors (Lipinski definition) is 2. The summed E-state index contributed by atoms with van der Waals surface area (Å²) in [7, 11) is 0. The fourth-order valence-electron chi connectivity index (χ4n) is 1.38. The van der Waals surface area contributed by atoms with Gasteiger partial charge in [-0.05, 0) is 31.5 Å². The molecule has 96 valence electrons. The van der Waals surface area contributed by atoms with Crippen LogP contribution in [0.15, 0.2) is 24.3 Å². The first-order valence-electron chi connectivity index (χ1n) is 5.29. The van der Waals surface area contributed by atoms with Crippen molar-refractivity contribution in [1.29, 1.82) is 0 Å². The average molecular weight is 248 g/mol. The highest BCUT2D eigenvalue weighted by atomic mass is 19.4. The number of alkyl halides is 3. The van der Waals surface area contributed by atoms with Gasteiger partial charge in [-0.1, -0.05) is 12.1 Å². The molecule has 0 heterocycles. The maximum atomic E-state index is 12.1. The highest BCUT2D eigenvalue weighted by Crippen LogP contribution is 2.30. The third kappa shape index (κ3) is 5.08. The monoisotopic (exact) mass is 248 g/mol. The van der Waals surface area contributed by atoms with Crippen LogP contribution in [0.2, 0.25) is 0 Å². The van der Waals surface area contributed by atoms with Crippen molar-refractivity contribution < 1.29 is 23.0 Å². The van der Waals surface area contributed by atoms with Crippen molar-refractivity contribution in [2.45, 2.75) is 38.7 Å². The van der Waals surface area contributed by atoms with E-state index in [1.807, 2.05) is 13.8 Å².